The molecule has 1 aromatic rings. The number of hydrogen-bond acceptors (Lipinski definition) is 0. The van der Waals surface area contributed by atoms with E-state index in [1.165, 1.54) is 22.3 Å². The van der Waals surface area contributed by atoms with E-state index in [2.05, 4.69) is 76.3 Å². The fourth-order valence-electron chi connectivity index (χ4n) is 1.68. The Kier molecular flexibility index (Phi) is 6.21. The third-order valence-corrected chi connectivity index (χ3v) is 2.82. The van der Waals surface area contributed by atoms with Crippen LogP contribution in [0, 0.1) is 0 Å². The van der Waals surface area contributed by atoms with E-state index in [0.717, 1.165) is 12.8 Å². The molecular formula is C18H24. The van der Waals surface area contributed by atoms with E-state index >= 15 is 0 Å². The standard InChI is InChI=1S/C18H24/c1-5-7-8-17(12-9-15(3)4)18-13-10-16(6-2)11-14-18/h7-14H,5-6H2,1-4H3/b8-7-,17-12+. The predicted octanol–water partition coefficient (Wildman–Crippen LogP) is 5.56. The van der Waals surface area contributed by atoms with Gasteiger partial charge in [-0.05, 0) is 43.4 Å². The number of rotatable bonds is 5. The van der Waals surface area contributed by atoms with Crippen molar-refractivity contribution in [1.82, 2.24) is 0 Å². The van der Waals surface area contributed by atoms with Crippen LogP contribution in [0.25, 0.3) is 5.57 Å². The van der Waals surface area contributed by atoms with Crippen molar-refractivity contribution in [2.75, 3.05) is 0 Å². The van der Waals surface area contributed by atoms with Crippen LogP contribution in [-0.4, -0.2) is 0 Å². The van der Waals surface area contributed by atoms with E-state index in [4.69, 9.17) is 0 Å². The van der Waals surface area contributed by atoms with E-state index in [1.807, 2.05) is 0 Å². The Morgan fingerprint density at radius 2 is 1.67 bits per heavy atom. The molecule has 0 aliphatic carbocycles. The van der Waals surface area contributed by atoms with E-state index in [1.54, 1.807) is 0 Å². The Morgan fingerprint density at radius 3 is 2.17 bits per heavy atom. The van der Waals surface area contributed by atoms with Gasteiger partial charge in [-0.15, -0.1) is 0 Å². The van der Waals surface area contributed by atoms with Gasteiger partial charge in [0.25, 0.3) is 0 Å². The second-order valence-electron chi connectivity index (χ2n) is 4.73. The van der Waals surface area contributed by atoms with Crippen molar-refractivity contribution in [3.63, 3.8) is 0 Å². The van der Waals surface area contributed by atoms with Gasteiger partial charge in [-0.3, -0.25) is 0 Å². The fourth-order valence-corrected chi connectivity index (χ4v) is 1.68. The Morgan fingerprint density at radius 1 is 1.00 bits per heavy atom. The van der Waals surface area contributed by atoms with Crippen LogP contribution in [0.3, 0.4) is 0 Å². The molecular weight excluding hydrogens is 216 g/mol. The van der Waals surface area contributed by atoms with Crippen LogP contribution in [0.4, 0.5) is 0 Å². The molecule has 0 atom stereocenters. The van der Waals surface area contributed by atoms with Crippen LogP contribution < -0.4 is 0 Å². The molecule has 0 heteroatoms. The molecule has 0 saturated carbocycles. The van der Waals surface area contributed by atoms with Crippen LogP contribution in [-0.2, 0) is 6.42 Å². The van der Waals surface area contributed by atoms with Crippen molar-refractivity contribution in [2.24, 2.45) is 0 Å². The summed E-state index contributed by atoms with van der Waals surface area (Å²) in [6.45, 7) is 8.59. The lowest BCUT2D eigenvalue weighted by molar-refractivity contribution is 1.14. The summed E-state index contributed by atoms with van der Waals surface area (Å²) in [7, 11) is 0. The summed E-state index contributed by atoms with van der Waals surface area (Å²) in [5, 5.41) is 0. The second-order valence-corrected chi connectivity index (χ2v) is 4.73. The van der Waals surface area contributed by atoms with Crippen LogP contribution >= 0.6 is 0 Å². The summed E-state index contributed by atoms with van der Waals surface area (Å²) < 4.78 is 0. The van der Waals surface area contributed by atoms with Gasteiger partial charge in [-0.2, -0.15) is 0 Å². The third-order valence-electron chi connectivity index (χ3n) is 2.82. The highest BCUT2D eigenvalue weighted by molar-refractivity contribution is 5.75. The molecule has 0 spiro atoms. The van der Waals surface area contributed by atoms with Gasteiger partial charge < -0.3 is 0 Å². The molecule has 1 rings (SSSR count). The highest BCUT2D eigenvalue weighted by Crippen LogP contribution is 2.18. The van der Waals surface area contributed by atoms with Gasteiger partial charge in [0.05, 0.1) is 0 Å². The highest BCUT2D eigenvalue weighted by Gasteiger charge is 1.97. The van der Waals surface area contributed by atoms with Gasteiger partial charge in [-0.25, -0.2) is 0 Å². The number of hydrogen-bond donors (Lipinski definition) is 0. The smallest absolute Gasteiger partial charge is 0.0184 e. The maximum atomic E-state index is 2.21. The summed E-state index contributed by atoms with van der Waals surface area (Å²) in [5.41, 5.74) is 5.28. The number of aryl methyl sites for hydroxylation is 1. The van der Waals surface area contributed by atoms with E-state index in [0.29, 0.717) is 0 Å². The van der Waals surface area contributed by atoms with Crippen LogP contribution in [0.5, 0.6) is 0 Å². The predicted molar refractivity (Wildman–Crippen MR) is 82.7 cm³/mol. The molecule has 0 aliphatic heterocycles. The molecule has 0 amide bonds. The average molecular weight is 240 g/mol. The first kappa shape index (κ1) is 14.5. The van der Waals surface area contributed by atoms with Crippen LogP contribution in [0.15, 0.2) is 54.1 Å². The monoisotopic (exact) mass is 240 g/mol. The zero-order valence-electron chi connectivity index (χ0n) is 12.0. The van der Waals surface area contributed by atoms with Gasteiger partial charge in [0.2, 0.25) is 0 Å². The molecule has 0 heterocycles. The maximum Gasteiger partial charge on any atom is -0.0184 e. The van der Waals surface area contributed by atoms with Crippen molar-refractivity contribution in [3.8, 4) is 0 Å². The average Bonchev–Trinajstić information content (AvgIpc) is 2.39. The minimum absolute atomic E-state index is 1.07. The molecule has 96 valence electrons. The molecule has 0 nitrogen and oxygen atoms in total. The molecule has 18 heavy (non-hydrogen) atoms. The first-order valence-electron chi connectivity index (χ1n) is 6.78. The molecule has 0 radical (unpaired) electrons. The Bertz CT molecular complexity index is 437. The van der Waals surface area contributed by atoms with Crippen LogP contribution in [0.2, 0.25) is 0 Å². The topological polar surface area (TPSA) is 0 Å². The van der Waals surface area contributed by atoms with Gasteiger partial charge in [0.15, 0.2) is 0 Å². The lowest BCUT2D eigenvalue weighted by atomic mass is 10.0. The molecule has 0 aliphatic rings. The van der Waals surface area contributed by atoms with Crippen molar-refractivity contribution in [3.05, 3.63) is 65.3 Å². The highest BCUT2D eigenvalue weighted by atomic mass is 14.0. The first-order chi connectivity index (χ1) is 8.67. The normalized spacial score (nSPS) is 11.9. The van der Waals surface area contributed by atoms with Crippen molar-refractivity contribution < 1.29 is 0 Å². The van der Waals surface area contributed by atoms with E-state index in [-0.39, 0.29) is 0 Å². The zero-order valence-corrected chi connectivity index (χ0v) is 12.0. The number of benzene rings is 1. The van der Waals surface area contributed by atoms with Crippen molar-refractivity contribution in [2.45, 2.75) is 40.5 Å². The summed E-state index contributed by atoms with van der Waals surface area (Å²) >= 11 is 0. The summed E-state index contributed by atoms with van der Waals surface area (Å²) in [4.78, 5) is 0. The maximum absolute atomic E-state index is 2.21. The SMILES string of the molecule is CC/C=C\C(=C/C=C(C)C)c1ccc(CC)cc1. The molecule has 0 fully saturated rings. The zero-order chi connectivity index (χ0) is 13.4. The molecule has 0 N–H and O–H groups in total. The Hall–Kier alpha value is -1.56. The van der Waals surface area contributed by atoms with Gasteiger partial charge in [0.1, 0.15) is 0 Å². The van der Waals surface area contributed by atoms with Crippen LogP contribution in [0.1, 0.15) is 45.2 Å². The molecule has 0 unspecified atom stereocenters. The second kappa shape index (κ2) is 7.71. The largest absolute Gasteiger partial charge is 0.0842 e. The van der Waals surface area contributed by atoms with Crippen molar-refractivity contribution >= 4 is 5.57 Å². The summed E-state index contributed by atoms with van der Waals surface area (Å²) in [5.74, 6) is 0. The molecule has 0 bridgehead atoms. The minimum atomic E-state index is 1.07. The minimum Gasteiger partial charge on any atom is -0.0842 e. The molecule has 0 saturated heterocycles. The quantitative estimate of drug-likeness (QED) is 0.591. The third kappa shape index (κ3) is 4.75. The molecule has 0 aromatic heterocycles. The van der Waals surface area contributed by atoms with Gasteiger partial charge in [0, 0.05) is 0 Å². The Balaban J connectivity index is 3.05. The first-order valence-corrected chi connectivity index (χ1v) is 6.78. The van der Waals surface area contributed by atoms with E-state index < -0.39 is 0 Å². The van der Waals surface area contributed by atoms with E-state index in [9.17, 15) is 0 Å². The van der Waals surface area contributed by atoms with Gasteiger partial charge in [-0.1, -0.05) is 68.0 Å². The lowest BCUT2D eigenvalue weighted by Gasteiger charge is -2.04. The number of allylic oxidation sites excluding steroid dienone is 6. The van der Waals surface area contributed by atoms with Crippen molar-refractivity contribution in [1.29, 1.82) is 0 Å². The fraction of sp³-hybridized carbons (Fsp3) is 0.333. The van der Waals surface area contributed by atoms with Gasteiger partial charge >= 0.3 is 0 Å². The molecule has 1 aromatic carbocycles. The Labute approximate surface area is 112 Å². The summed E-state index contributed by atoms with van der Waals surface area (Å²) in [6, 6.07) is 8.85. The lowest BCUT2D eigenvalue weighted by Crippen LogP contribution is -1.84. The summed E-state index contributed by atoms with van der Waals surface area (Å²) in [6.07, 6.45) is 10.9.